The maximum atomic E-state index is 5.77. The molecule has 0 saturated heterocycles. The molecule has 2 aromatic rings. The highest BCUT2D eigenvalue weighted by atomic mass is 79.9. The Morgan fingerprint density at radius 3 is 2.72 bits per heavy atom. The van der Waals surface area contributed by atoms with Gasteiger partial charge in [0.05, 0.1) is 0 Å². The van der Waals surface area contributed by atoms with Crippen LogP contribution in [0.4, 0.5) is 5.82 Å². The van der Waals surface area contributed by atoms with Gasteiger partial charge in [0.15, 0.2) is 0 Å². The number of nitrogens with one attached hydrogen (secondary N) is 1. The van der Waals surface area contributed by atoms with Crippen LogP contribution in [0.3, 0.4) is 0 Å². The molecule has 0 aliphatic carbocycles. The molecular formula is C14H15BrN2O. The van der Waals surface area contributed by atoms with Crippen LogP contribution < -0.4 is 10.1 Å². The minimum absolute atomic E-state index is 0.527. The van der Waals surface area contributed by atoms with Crippen molar-refractivity contribution in [2.75, 3.05) is 12.4 Å². The Labute approximate surface area is 115 Å². The van der Waals surface area contributed by atoms with Gasteiger partial charge in [0.2, 0.25) is 0 Å². The van der Waals surface area contributed by atoms with Crippen molar-refractivity contribution in [1.29, 1.82) is 0 Å². The Kier molecular flexibility index (Phi) is 4.20. The summed E-state index contributed by atoms with van der Waals surface area (Å²) >= 11 is 3.44. The van der Waals surface area contributed by atoms with Gasteiger partial charge in [0.25, 0.3) is 0 Å². The van der Waals surface area contributed by atoms with E-state index in [9.17, 15) is 0 Å². The summed E-state index contributed by atoms with van der Waals surface area (Å²) in [6.45, 7) is 2.56. The Balaban J connectivity index is 2.02. The van der Waals surface area contributed by atoms with Crippen LogP contribution in [0.15, 0.2) is 41.0 Å². The zero-order valence-electron chi connectivity index (χ0n) is 10.4. The average Bonchev–Trinajstić information content (AvgIpc) is 2.38. The number of benzene rings is 1. The molecule has 0 atom stereocenters. The molecule has 0 unspecified atom stereocenters. The molecule has 1 N–H and O–H groups in total. The fourth-order valence-electron chi connectivity index (χ4n) is 1.59. The van der Waals surface area contributed by atoms with Crippen molar-refractivity contribution in [2.24, 2.45) is 0 Å². The molecule has 0 amide bonds. The number of halogens is 1. The normalized spacial score (nSPS) is 10.2. The van der Waals surface area contributed by atoms with Crippen molar-refractivity contribution in [1.82, 2.24) is 4.98 Å². The Bertz CT molecular complexity index is 526. The predicted octanol–water partition coefficient (Wildman–Crippen LogP) is 3.77. The van der Waals surface area contributed by atoms with Crippen LogP contribution in [-0.4, -0.2) is 12.0 Å². The first-order chi connectivity index (χ1) is 8.69. The quantitative estimate of drug-likeness (QED) is 0.933. The molecule has 0 aliphatic rings. The zero-order chi connectivity index (χ0) is 13.0. The molecular weight excluding hydrogens is 292 g/mol. The van der Waals surface area contributed by atoms with Gasteiger partial charge in [0.1, 0.15) is 18.2 Å². The molecule has 4 heteroatoms. The standard InChI is InChI=1S/C14H15BrN2O/c1-10-7-12(15)4-5-13(10)18-9-11-3-6-14(16-2)17-8-11/h3-8H,9H2,1-2H3,(H,16,17). The Hall–Kier alpha value is -1.55. The topological polar surface area (TPSA) is 34.1 Å². The predicted molar refractivity (Wildman–Crippen MR) is 77.0 cm³/mol. The second kappa shape index (κ2) is 5.87. The van der Waals surface area contributed by atoms with Gasteiger partial charge in [-0.2, -0.15) is 0 Å². The lowest BCUT2D eigenvalue weighted by molar-refractivity contribution is 0.303. The van der Waals surface area contributed by atoms with Gasteiger partial charge in [-0.1, -0.05) is 22.0 Å². The molecule has 1 heterocycles. The third-order valence-corrected chi connectivity index (χ3v) is 3.11. The molecule has 18 heavy (non-hydrogen) atoms. The number of aromatic nitrogens is 1. The second-order valence-electron chi connectivity index (χ2n) is 4.00. The summed E-state index contributed by atoms with van der Waals surface area (Å²) in [6.07, 6.45) is 1.82. The first kappa shape index (κ1) is 12.9. The van der Waals surface area contributed by atoms with Crippen molar-refractivity contribution in [3.63, 3.8) is 0 Å². The molecule has 94 valence electrons. The van der Waals surface area contributed by atoms with Gasteiger partial charge in [-0.3, -0.25) is 0 Å². The van der Waals surface area contributed by atoms with Crippen LogP contribution in [-0.2, 0) is 6.61 Å². The van der Waals surface area contributed by atoms with E-state index in [0.29, 0.717) is 6.61 Å². The van der Waals surface area contributed by atoms with Crippen LogP contribution in [0.25, 0.3) is 0 Å². The van der Waals surface area contributed by atoms with Crippen molar-refractivity contribution >= 4 is 21.7 Å². The Morgan fingerprint density at radius 1 is 1.28 bits per heavy atom. The van der Waals surface area contributed by atoms with Gasteiger partial charge in [-0.05, 0) is 36.8 Å². The van der Waals surface area contributed by atoms with E-state index in [1.165, 1.54) is 0 Å². The number of pyridine rings is 1. The summed E-state index contributed by atoms with van der Waals surface area (Å²) in [5.41, 5.74) is 2.17. The highest BCUT2D eigenvalue weighted by molar-refractivity contribution is 9.10. The number of hydrogen-bond acceptors (Lipinski definition) is 3. The van der Waals surface area contributed by atoms with Gasteiger partial charge in [0, 0.05) is 23.3 Å². The van der Waals surface area contributed by atoms with Gasteiger partial charge in [-0.15, -0.1) is 0 Å². The number of hydrogen-bond donors (Lipinski definition) is 1. The molecule has 1 aromatic carbocycles. The third kappa shape index (κ3) is 3.23. The van der Waals surface area contributed by atoms with E-state index >= 15 is 0 Å². The molecule has 1 aromatic heterocycles. The Morgan fingerprint density at radius 2 is 2.11 bits per heavy atom. The summed E-state index contributed by atoms with van der Waals surface area (Å²) in [5.74, 6) is 1.76. The number of ether oxygens (including phenoxy) is 1. The maximum Gasteiger partial charge on any atom is 0.125 e. The number of anilines is 1. The first-order valence-corrected chi connectivity index (χ1v) is 6.50. The van der Waals surface area contributed by atoms with Crippen LogP contribution in [0.5, 0.6) is 5.75 Å². The molecule has 3 nitrogen and oxygen atoms in total. The molecule has 0 aliphatic heterocycles. The van der Waals surface area contributed by atoms with Gasteiger partial charge < -0.3 is 10.1 Å². The van der Waals surface area contributed by atoms with E-state index in [1.807, 2.05) is 50.5 Å². The zero-order valence-corrected chi connectivity index (χ0v) is 12.0. The van der Waals surface area contributed by atoms with Crippen LogP contribution in [0, 0.1) is 6.92 Å². The molecule has 0 radical (unpaired) electrons. The minimum atomic E-state index is 0.527. The molecule has 2 rings (SSSR count). The first-order valence-electron chi connectivity index (χ1n) is 5.70. The highest BCUT2D eigenvalue weighted by Crippen LogP contribution is 2.23. The van der Waals surface area contributed by atoms with E-state index in [2.05, 4.69) is 26.2 Å². The van der Waals surface area contributed by atoms with E-state index in [4.69, 9.17) is 4.74 Å². The van der Waals surface area contributed by atoms with Crippen molar-refractivity contribution in [3.05, 3.63) is 52.1 Å². The minimum Gasteiger partial charge on any atom is -0.489 e. The second-order valence-corrected chi connectivity index (χ2v) is 4.92. The summed E-state index contributed by atoms with van der Waals surface area (Å²) in [6, 6.07) is 9.93. The lowest BCUT2D eigenvalue weighted by Gasteiger charge is -2.09. The highest BCUT2D eigenvalue weighted by Gasteiger charge is 2.01. The van der Waals surface area contributed by atoms with E-state index < -0.39 is 0 Å². The SMILES string of the molecule is CNc1ccc(COc2ccc(Br)cc2C)cn1. The van der Waals surface area contributed by atoms with Crippen molar-refractivity contribution < 1.29 is 4.74 Å². The number of rotatable bonds is 4. The van der Waals surface area contributed by atoms with Gasteiger partial charge in [-0.25, -0.2) is 4.98 Å². The van der Waals surface area contributed by atoms with Crippen molar-refractivity contribution in [2.45, 2.75) is 13.5 Å². The lowest BCUT2D eigenvalue weighted by atomic mass is 10.2. The molecule has 0 fully saturated rings. The third-order valence-electron chi connectivity index (χ3n) is 2.61. The fraction of sp³-hybridized carbons (Fsp3) is 0.214. The smallest absolute Gasteiger partial charge is 0.125 e. The average molecular weight is 307 g/mol. The molecule has 0 spiro atoms. The van der Waals surface area contributed by atoms with Crippen molar-refractivity contribution in [3.8, 4) is 5.75 Å². The van der Waals surface area contributed by atoms with Gasteiger partial charge >= 0.3 is 0 Å². The summed E-state index contributed by atoms with van der Waals surface area (Å²) in [5, 5.41) is 2.99. The number of aryl methyl sites for hydroxylation is 1. The van der Waals surface area contributed by atoms with E-state index in [1.54, 1.807) is 0 Å². The molecule has 0 saturated carbocycles. The largest absolute Gasteiger partial charge is 0.489 e. The van der Waals surface area contributed by atoms with Crippen LogP contribution in [0.2, 0.25) is 0 Å². The lowest BCUT2D eigenvalue weighted by Crippen LogP contribution is -1.99. The van der Waals surface area contributed by atoms with E-state index in [-0.39, 0.29) is 0 Å². The summed E-state index contributed by atoms with van der Waals surface area (Å²) in [7, 11) is 1.85. The van der Waals surface area contributed by atoms with Crippen LogP contribution in [0.1, 0.15) is 11.1 Å². The summed E-state index contributed by atoms with van der Waals surface area (Å²) < 4.78 is 6.83. The van der Waals surface area contributed by atoms with E-state index in [0.717, 1.165) is 27.2 Å². The monoisotopic (exact) mass is 306 g/mol. The molecule has 0 bridgehead atoms. The fourth-order valence-corrected chi connectivity index (χ4v) is 2.07. The maximum absolute atomic E-state index is 5.77. The van der Waals surface area contributed by atoms with Crippen LogP contribution >= 0.6 is 15.9 Å². The number of nitrogens with zero attached hydrogens (tertiary/aromatic N) is 1. The summed E-state index contributed by atoms with van der Waals surface area (Å²) in [4.78, 5) is 4.25.